The van der Waals surface area contributed by atoms with E-state index in [4.69, 9.17) is 0 Å². The molecular weight excluding hydrogens is 409 g/mol. The van der Waals surface area contributed by atoms with Crippen molar-refractivity contribution in [1.82, 2.24) is 0 Å². The van der Waals surface area contributed by atoms with Crippen LogP contribution in [0.25, 0.3) is 0 Å². The highest BCUT2D eigenvalue weighted by Crippen LogP contribution is 2.40. The van der Waals surface area contributed by atoms with E-state index in [1.807, 2.05) is 31.2 Å². The Hall–Kier alpha value is -0.810. The summed E-state index contributed by atoms with van der Waals surface area (Å²) in [6.07, 6.45) is -3.85. The van der Waals surface area contributed by atoms with Gasteiger partial charge in [0.15, 0.2) is 0 Å². The first-order valence-electron chi connectivity index (χ1n) is 6.34. The topological polar surface area (TPSA) is 0 Å². The van der Waals surface area contributed by atoms with Crippen LogP contribution in [-0.2, 0) is 12.6 Å². The van der Waals surface area contributed by atoms with Crippen LogP contribution in [0.2, 0.25) is 0 Å². The fourth-order valence-corrected chi connectivity index (χ4v) is 3.30. The van der Waals surface area contributed by atoms with E-state index in [0.717, 1.165) is 17.2 Å². The Labute approximate surface area is 138 Å². The van der Waals surface area contributed by atoms with E-state index >= 15 is 0 Å². The third-order valence-corrected chi connectivity index (χ3v) is 4.63. The third kappa shape index (κ3) is 4.10. The fraction of sp³-hybridized carbons (Fsp3) is 0.250. The summed E-state index contributed by atoms with van der Waals surface area (Å²) < 4.78 is 39.9. The van der Waals surface area contributed by atoms with Gasteiger partial charge in [-0.2, -0.15) is 13.2 Å². The Kier molecular flexibility index (Phi) is 5.15. The molecule has 1 atom stereocenters. The van der Waals surface area contributed by atoms with E-state index in [1.165, 1.54) is 6.07 Å². The lowest BCUT2D eigenvalue weighted by molar-refractivity contribution is -0.138. The number of rotatable bonds is 3. The van der Waals surface area contributed by atoms with E-state index in [-0.39, 0.29) is 10.4 Å². The predicted molar refractivity (Wildman–Crippen MR) is 85.7 cm³/mol. The van der Waals surface area contributed by atoms with E-state index < -0.39 is 11.7 Å². The average Bonchev–Trinajstić information content (AvgIpc) is 2.40. The molecule has 0 saturated heterocycles. The molecule has 0 saturated carbocycles. The maximum absolute atomic E-state index is 13.2. The minimum absolute atomic E-state index is 0.258. The largest absolute Gasteiger partial charge is 0.416 e. The molecule has 0 aliphatic rings. The smallest absolute Gasteiger partial charge is 0.166 e. The second kappa shape index (κ2) is 6.53. The zero-order chi connectivity index (χ0) is 15.6. The molecule has 0 spiro atoms. The van der Waals surface area contributed by atoms with E-state index in [0.29, 0.717) is 10.9 Å². The molecule has 0 nitrogen and oxygen atoms in total. The predicted octanol–water partition coefficient (Wildman–Crippen LogP) is 6.46. The molecule has 0 radical (unpaired) electrons. The average molecular weight is 422 g/mol. The Bertz CT molecular complexity index is 636. The highest BCUT2D eigenvalue weighted by molar-refractivity contribution is 9.10. The Balaban J connectivity index is 2.36. The number of aryl methyl sites for hydroxylation is 1. The van der Waals surface area contributed by atoms with Gasteiger partial charge in [0, 0.05) is 9.30 Å². The van der Waals surface area contributed by atoms with Crippen molar-refractivity contribution in [1.29, 1.82) is 0 Å². The van der Waals surface area contributed by atoms with Gasteiger partial charge in [-0.15, -0.1) is 0 Å². The molecule has 5 heteroatoms. The van der Waals surface area contributed by atoms with Crippen LogP contribution in [0.5, 0.6) is 0 Å². The van der Waals surface area contributed by atoms with Gasteiger partial charge in [0.2, 0.25) is 0 Å². The molecular formula is C16H13Br2F3. The van der Waals surface area contributed by atoms with Gasteiger partial charge in [0.05, 0.1) is 5.56 Å². The quantitative estimate of drug-likeness (QED) is 0.499. The maximum Gasteiger partial charge on any atom is 0.416 e. The molecule has 0 N–H and O–H groups in total. The van der Waals surface area contributed by atoms with Crippen molar-refractivity contribution in [2.75, 3.05) is 0 Å². The lowest BCUT2D eigenvalue weighted by Gasteiger charge is -2.18. The zero-order valence-electron chi connectivity index (χ0n) is 11.2. The molecule has 0 fully saturated rings. The van der Waals surface area contributed by atoms with E-state index in [2.05, 4.69) is 31.9 Å². The summed E-state index contributed by atoms with van der Waals surface area (Å²) >= 11 is 6.51. The highest BCUT2D eigenvalue weighted by atomic mass is 79.9. The number of alkyl halides is 4. The summed E-state index contributed by atoms with van der Waals surface area (Å²) in [4.78, 5) is -0.386. The molecule has 2 rings (SSSR count). The van der Waals surface area contributed by atoms with Crippen molar-refractivity contribution < 1.29 is 13.2 Å². The number of hydrogen-bond acceptors (Lipinski definition) is 0. The minimum atomic E-state index is -4.36. The molecule has 2 aromatic rings. The zero-order valence-corrected chi connectivity index (χ0v) is 14.4. The van der Waals surface area contributed by atoms with Crippen LogP contribution in [0.3, 0.4) is 0 Å². The Morgan fingerprint density at radius 3 is 2.38 bits per heavy atom. The minimum Gasteiger partial charge on any atom is -0.166 e. The van der Waals surface area contributed by atoms with E-state index in [9.17, 15) is 13.2 Å². The number of benzene rings is 2. The molecule has 0 aliphatic carbocycles. The molecule has 0 bridgehead atoms. The van der Waals surface area contributed by atoms with Crippen molar-refractivity contribution in [3.05, 3.63) is 69.2 Å². The van der Waals surface area contributed by atoms with Gasteiger partial charge >= 0.3 is 6.18 Å². The van der Waals surface area contributed by atoms with Crippen molar-refractivity contribution in [3.63, 3.8) is 0 Å². The van der Waals surface area contributed by atoms with Gasteiger partial charge in [-0.25, -0.2) is 0 Å². The molecule has 0 heterocycles. The van der Waals surface area contributed by atoms with Crippen molar-refractivity contribution >= 4 is 31.9 Å². The first-order valence-corrected chi connectivity index (χ1v) is 8.05. The SMILES string of the molecule is Cc1ccccc1CC(Br)c1ccc(Br)cc1C(F)(F)F. The first kappa shape index (κ1) is 16.6. The van der Waals surface area contributed by atoms with Crippen LogP contribution >= 0.6 is 31.9 Å². The van der Waals surface area contributed by atoms with Crippen LogP contribution in [0.1, 0.15) is 27.1 Å². The van der Waals surface area contributed by atoms with Crippen LogP contribution in [0.4, 0.5) is 13.2 Å². The molecule has 2 aromatic carbocycles. The van der Waals surface area contributed by atoms with Gasteiger partial charge in [-0.3, -0.25) is 0 Å². The van der Waals surface area contributed by atoms with Gasteiger partial charge in [-0.05, 0) is 42.2 Å². The second-order valence-electron chi connectivity index (χ2n) is 4.83. The van der Waals surface area contributed by atoms with Crippen LogP contribution in [0.15, 0.2) is 46.9 Å². The van der Waals surface area contributed by atoms with Gasteiger partial charge < -0.3 is 0 Å². The van der Waals surface area contributed by atoms with Crippen molar-refractivity contribution in [2.45, 2.75) is 24.3 Å². The summed E-state index contributed by atoms with van der Waals surface area (Å²) in [7, 11) is 0. The summed E-state index contributed by atoms with van der Waals surface area (Å²) in [5.41, 5.74) is 1.77. The summed E-state index contributed by atoms with van der Waals surface area (Å²) in [5.74, 6) is 0. The fourth-order valence-electron chi connectivity index (χ4n) is 2.19. The molecule has 112 valence electrons. The highest BCUT2D eigenvalue weighted by Gasteiger charge is 2.35. The Morgan fingerprint density at radius 2 is 1.76 bits per heavy atom. The van der Waals surface area contributed by atoms with Crippen LogP contribution in [0, 0.1) is 6.92 Å². The standard InChI is InChI=1S/C16H13Br2F3/c1-10-4-2-3-5-11(10)8-15(18)13-7-6-12(17)9-14(13)16(19,20)21/h2-7,9,15H,8H2,1H3. The number of hydrogen-bond donors (Lipinski definition) is 0. The van der Waals surface area contributed by atoms with Crippen LogP contribution < -0.4 is 0 Å². The lowest BCUT2D eigenvalue weighted by atomic mass is 9.97. The normalized spacial score (nSPS) is 13.2. The van der Waals surface area contributed by atoms with Crippen molar-refractivity contribution in [2.24, 2.45) is 0 Å². The lowest BCUT2D eigenvalue weighted by Crippen LogP contribution is -2.11. The third-order valence-electron chi connectivity index (χ3n) is 3.32. The molecule has 1 unspecified atom stereocenters. The molecule has 0 aromatic heterocycles. The summed E-state index contributed by atoms with van der Waals surface area (Å²) in [6, 6.07) is 12.0. The van der Waals surface area contributed by atoms with Crippen LogP contribution in [-0.4, -0.2) is 0 Å². The summed E-state index contributed by atoms with van der Waals surface area (Å²) in [6.45, 7) is 1.96. The molecule has 0 amide bonds. The second-order valence-corrected chi connectivity index (χ2v) is 6.85. The Morgan fingerprint density at radius 1 is 1.10 bits per heavy atom. The van der Waals surface area contributed by atoms with Crippen molar-refractivity contribution in [3.8, 4) is 0 Å². The van der Waals surface area contributed by atoms with Gasteiger partial charge in [0.1, 0.15) is 0 Å². The van der Waals surface area contributed by atoms with Gasteiger partial charge in [0.25, 0.3) is 0 Å². The monoisotopic (exact) mass is 420 g/mol. The first-order chi connectivity index (χ1) is 9.79. The number of halogens is 5. The maximum atomic E-state index is 13.2. The molecule has 21 heavy (non-hydrogen) atoms. The van der Waals surface area contributed by atoms with E-state index in [1.54, 1.807) is 6.07 Å². The molecule has 0 aliphatic heterocycles. The van der Waals surface area contributed by atoms with Gasteiger partial charge in [-0.1, -0.05) is 62.2 Å². The summed E-state index contributed by atoms with van der Waals surface area (Å²) in [5, 5.41) is 0.